The van der Waals surface area contributed by atoms with E-state index in [9.17, 15) is 9.59 Å². The van der Waals surface area contributed by atoms with Crippen molar-refractivity contribution in [3.05, 3.63) is 97.2 Å². The Morgan fingerprint density at radius 3 is 1.23 bits per heavy atom. The number of carbonyl (C=O) groups excluding carboxylic acids is 2. The lowest BCUT2D eigenvalue weighted by Crippen LogP contribution is -2.30. The minimum absolute atomic E-state index is 0.0533. The van der Waals surface area contributed by atoms with E-state index in [0.717, 1.165) is 116 Å². The van der Waals surface area contributed by atoms with Crippen LogP contribution < -0.4 is 0 Å². The average Bonchev–Trinajstić information content (AvgIpc) is 3.25. The summed E-state index contributed by atoms with van der Waals surface area (Å²) in [6, 6.07) is 0. The molecule has 60 heavy (non-hydrogen) atoms. The largest absolute Gasteiger partial charge is 0.462 e. The minimum Gasteiger partial charge on any atom is -0.462 e. The molecule has 0 spiro atoms. The molecule has 0 radical (unpaired) electrons. The van der Waals surface area contributed by atoms with Crippen molar-refractivity contribution in [3.63, 3.8) is 0 Å². The summed E-state index contributed by atoms with van der Waals surface area (Å²) in [6.07, 6.45) is 67.0. The van der Waals surface area contributed by atoms with E-state index in [1.54, 1.807) is 0 Å². The van der Waals surface area contributed by atoms with Crippen LogP contribution in [-0.4, -0.2) is 37.9 Å². The van der Waals surface area contributed by atoms with Gasteiger partial charge >= 0.3 is 11.9 Å². The summed E-state index contributed by atoms with van der Waals surface area (Å²) >= 11 is 0. The fourth-order valence-corrected chi connectivity index (χ4v) is 6.45. The first-order valence-corrected chi connectivity index (χ1v) is 24.8. The van der Waals surface area contributed by atoms with E-state index in [2.05, 4.69) is 118 Å². The van der Waals surface area contributed by atoms with Crippen LogP contribution in [0.1, 0.15) is 213 Å². The zero-order valence-corrected chi connectivity index (χ0v) is 39.2. The summed E-state index contributed by atoms with van der Waals surface area (Å²) in [4.78, 5) is 25.3. The van der Waals surface area contributed by atoms with E-state index in [-0.39, 0.29) is 25.2 Å². The quantitative estimate of drug-likeness (QED) is 0.0348. The third kappa shape index (κ3) is 47.5. The summed E-state index contributed by atoms with van der Waals surface area (Å²) in [6.45, 7) is 7.51. The third-order valence-corrected chi connectivity index (χ3v) is 10.1. The molecular weight excluding hydrogens is 741 g/mol. The fraction of sp³-hybridized carbons (Fsp3) is 0.673. The van der Waals surface area contributed by atoms with Crippen LogP contribution in [0, 0.1) is 0 Å². The maximum Gasteiger partial charge on any atom is 0.306 e. The lowest BCUT2D eigenvalue weighted by Gasteiger charge is -2.18. The van der Waals surface area contributed by atoms with Gasteiger partial charge in [0, 0.05) is 19.4 Å². The molecule has 1 unspecified atom stereocenters. The Morgan fingerprint density at radius 1 is 0.383 bits per heavy atom. The summed E-state index contributed by atoms with van der Waals surface area (Å²) in [7, 11) is 0. The number of allylic oxidation sites excluding steroid dienone is 16. The number of hydrogen-bond acceptors (Lipinski definition) is 5. The minimum atomic E-state index is -0.569. The highest BCUT2D eigenvalue weighted by Crippen LogP contribution is 2.12. The zero-order valence-electron chi connectivity index (χ0n) is 39.2. The second-order valence-electron chi connectivity index (χ2n) is 15.9. The molecule has 0 aliphatic carbocycles. The van der Waals surface area contributed by atoms with E-state index in [1.165, 1.54) is 64.2 Å². The van der Waals surface area contributed by atoms with Crippen molar-refractivity contribution in [3.8, 4) is 0 Å². The summed E-state index contributed by atoms with van der Waals surface area (Å²) in [5.74, 6) is -0.466. The van der Waals surface area contributed by atoms with Gasteiger partial charge in [-0.25, -0.2) is 0 Å². The lowest BCUT2D eigenvalue weighted by atomic mass is 10.1. The molecule has 0 saturated carbocycles. The summed E-state index contributed by atoms with van der Waals surface area (Å²) in [5, 5.41) is 0. The Bertz CT molecular complexity index is 1170. The molecule has 0 aliphatic heterocycles. The molecule has 0 bridgehead atoms. The number of ether oxygens (including phenoxy) is 3. The highest BCUT2D eigenvalue weighted by molar-refractivity contribution is 5.70. The number of unbranched alkanes of at least 4 members (excludes halogenated alkanes) is 17. The highest BCUT2D eigenvalue weighted by Gasteiger charge is 2.17. The van der Waals surface area contributed by atoms with Crippen LogP contribution in [0.15, 0.2) is 97.2 Å². The number of esters is 2. The predicted octanol–water partition coefficient (Wildman–Crippen LogP) is 16.7. The van der Waals surface area contributed by atoms with E-state index >= 15 is 0 Å². The van der Waals surface area contributed by atoms with Crippen molar-refractivity contribution in [2.24, 2.45) is 0 Å². The standard InChI is InChI=1S/C55H92O5/c1-4-7-10-13-16-19-22-25-27-28-29-31-33-36-39-42-45-48-54(56)59-52-53(51-58-50-47-44-41-38-35-32-26-23-20-17-14-11-8-5-2)60-55(57)49-46-43-40-37-34-30-24-21-18-15-12-9-6-3/h7,9-10,12,16,18-21,23,25,27,29-31,34,53H,4-6,8,11,13-15,17,22,24,26,28,32-33,35-52H2,1-3H3/b10-7-,12-9-,19-16-,21-18-,23-20-,27-25-,31-29-,34-30-. The smallest absolute Gasteiger partial charge is 0.306 e. The van der Waals surface area contributed by atoms with E-state index in [4.69, 9.17) is 14.2 Å². The van der Waals surface area contributed by atoms with Crippen molar-refractivity contribution >= 4 is 11.9 Å². The molecule has 0 amide bonds. The van der Waals surface area contributed by atoms with Gasteiger partial charge in [0.25, 0.3) is 0 Å². The predicted molar refractivity (Wildman–Crippen MR) is 260 cm³/mol. The van der Waals surface area contributed by atoms with Gasteiger partial charge in [0.15, 0.2) is 6.10 Å². The SMILES string of the molecule is CC/C=C\C/C=C\C/C=C\C/C=C\CCCCCCC(=O)OCC(COCCCCCCCC/C=C\CCCCCC)OC(=O)CCCCC/C=C\C/C=C\C/C=C\CC. The van der Waals surface area contributed by atoms with Crippen molar-refractivity contribution in [2.45, 2.75) is 219 Å². The molecule has 0 aromatic heterocycles. The molecule has 342 valence electrons. The molecule has 0 N–H and O–H groups in total. The van der Waals surface area contributed by atoms with E-state index in [1.807, 2.05) is 0 Å². The number of carbonyl (C=O) groups is 2. The Kier molecular flexibility index (Phi) is 47.5. The Labute approximate surface area is 371 Å². The Hall–Kier alpha value is -3.18. The van der Waals surface area contributed by atoms with Gasteiger partial charge in [0.1, 0.15) is 6.61 Å². The lowest BCUT2D eigenvalue weighted by molar-refractivity contribution is -0.163. The average molecular weight is 833 g/mol. The van der Waals surface area contributed by atoms with Crippen LogP contribution >= 0.6 is 0 Å². The number of rotatable bonds is 44. The molecule has 0 heterocycles. The first kappa shape index (κ1) is 56.8. The molecular formula is C55H92O5. The maximum atomic E-state index is 12.8. The normalized spacial score (nSPS) is 13.1. The van der Waals surface area contributed by atoms with Gasteiger partial charge in [-0.2, -0.15) is 0 Å². The maximum absolute atomic E-state index is 12.8. The van der Waals surface area contributed by atoms with Gasteiger partial charge in [-0.05, 0) is 116 Å². The Morgan fingerprint density at radius 2 is 0.750 bits per heavy atom. The molecule has 0 aliphatic rings. The van der Waals surface area contributed by atoms with Crippen molar-refractivity contribution in [1.82, 2.24) is 0 Å². The van der Waals surface area contributed by atoms with Crippen LogP contribution in [0.25, 0.3) is 0 Å². The van der Waals surface area contributed by atoms with Gasteiger partial charge in [0.2, 0.25) is 0 Å². The van der Waals surface area contributed by atoms with Crippen molar-refractivity contribution in [1.29, 1.82) is 0 Å². The van der Waals surface area contributed by atoms with Crippen LogP contribution in [-0.2, 0) is 23.8 Å². The van der Waals surface area contributed by atoms with Gasteiger partial charge in [-0.3, -0.25) is 9.59 Å². The van der Waals surface area contributed by atoms with Gasteiger partial charge in [-0.15, -0.1) is 0 Å². The topological polar surface area (TPSA) is 61.8 Å². The third-order valence-electron chi connectivity index (χ3n) is 10.1. The summed E-state index contributed by atoms with van der Waals surface area (Å²) < 4.78 is 17.3. The molecule has 0 rings (SSSR count). The van der Waals surface area contributed by atoms with Crippen LogP contribution in [0.3, 0.4) is 0 Å². The second-order valence-corrected chi connectivity index (χ2v) is 15.9. The van der Waals surface area contributed by atoms with E-state index < -0.39 is 6.10 Å². The second kappa shape index (κ2) is 50.2. The van der Waals surface area contributed by atoms with Gasteiger partial charge in [0.05, 0.1) is 6.61 Å². The van der Waals surface area contributed by atoms with Crippen LogP contribution in [0.2, 0.25) is 0 Å². The monoisotopic (exact) mass is 833 g/mol. The van der Waals surface area contributed by atoms with E-state index in [0.29, 0.717) is 19.4 Å². The van der Waals surface area contributed by atoms with Crippen LogP contribution in [0.4, 0.5) is 0 Å². The number of hydrogen-bond donors (Lipinski definition) is 0. The Balaban J connectivity index is 4.37. The molecule has 0 fully saturated rings. The molecule has 5 nitrogen and oxygen atoms in total. The molecule has 0 saturated heterocycles. The fourth-order valence-electron chi connectivity index (χ4n) is 6.45. The molecule has 5 heteroatoms. The first-order chi connectivity index (χ1) is 29.6. The first-order valence-electron chi connectivity index (χ1n) is 24.8. The van der Waals surface area contributed by atoms with Gasteiger partial charge in [-0.1, -0.05) is 182 Å². The highest BCUT2D eigenvalue weighted by atomic mass is 16.6. The summed E-state index contributed by atoms with van der Waals surface area (Å²) in [5.41, 5.74) is 0. The van der Waals surface area contributed by atoms with Crippen molar-refractivity contribution < 1.29 is 23.8 Å². The van der Waals surface area contributed by atoms with Crippen molar-refractivity contribution in [2.75, 3.05) is 19.8 Å². The van der Waals surface area contributed by atoms with Crippen LogP contribution in [0.5, 0.6) is 0 Å². The molecule has 1 atom stereocenters. The molecule has 0 aromatic rings. The van der Waals surface area contributed by atoms with Gasteiger partial charge < -0.3 is 14.2 Å². The molecule has 0 aromatic carbocycles. The zero-order chi connectivity index (χ0) is 43.5.